The Kier molecular flexibility index (Phi) is 2.92. The number of carbonyl (C=O) groups is 1. The van der Waals surface area contributed by atoms with Gasteiger partial charge in [0.15, 0.2) is 0 Å². The van der Waals surface area contributed by atoms with E-state index in [4.69, 9.17) is 0 Å². The molecule has 4 rings (SSSR count). The van der Waals surface area contributed by atoms with Crippen LogP contribution >= 0.6 is 0 Å². The molecule has 1 aromatic carbocycles. The summed E-state index contributed by atoms with van der Waals surface area (Å²) in [5.74, 6) is 0.882. The van der Waals surface area contributed by atoms with Crippen molar-refractivity contribution >= 4 is 16.9 Å². The number of amides is 1. The number of likely N-dealkylation sites (tertiary alicyclic amines) is 1. The number of hydrogen-bond donors (Lipinski definition) is 2. The van der Waals surface area contributed by atoms with Crippen LogP contribution in [0.1, 0.15) is 40.8 Å². The van der Waals surface area contributed by atoms with Crippen molar-refractivity contribution in [2.45, 2.75) is 25.8 Å². The summed E-state index contributed by atoms with van der Waals surface area (Å²) in [5.41, 5.74) is 3.11. The number of aromatic amines is 2. The predicted octanol–water partition coefficient (Wildman–Crippen LogP) is 1.97. The number of nitrogens with one attached hydrogen (secondary N) is 2. The highest BCUT2D eigenvalue weighted by Gasteiger charge is 2.32. The Balaban J connectivity index is 1.65. The third-order valence-electron chi connectivity index (χ3n) is 4.12. The molecular formula is C15H16N6O. The van der Waals surface area contributed by atoms with Crippen molar-refractivity contribution < 1.29 is 4.79 Å². The van der Waals surface area contributed by atoms with Gasteiger partial charge in [0.25, 0.3) is 5.91 Å². The highest BCUT2D eigenvalue weighted by atomic mass is 16.2. The van der Waals surface area contributed by atoms with E-state index >= 15 is 0 Å². The van der Waals surface area contributed by atoms with Crippen LogP contribution in [0.25, 0.3) is 11.0 Å². The number of H-pyrrole nitrogens is 2. The predicted molar refractivity (Wildman–Crippen MR) is 80.2 cm³/mol. The second-order valence-electron chi connectivity index (χ2n) is 5.64. The second kappa shape index (κ2) is 4.94. The van der Waals surface area contributed by atoms with E-state index in [1.165, 1.54) is 0 Å². The first kappa shape index (κ1) is 13.0. The fourth-order valence-electron chi connectivity index (χ4n) is 3.04. The number of nitrogens with zero attached hydrogens (tertiary/aromatic N) is 4. The summed E-state index contributed by atoms with van der Waals surface area (Å²) < 4.78 is 0. The minimum Gasteiger partial charge on any atom is -0.344 e. The van der Waals surface area contributed by atoms with E-state index in [1.54, 1.807) is 18.3 Å². The van der Waals surface area contributed by atoms with Gasteiger partial charge in [-0.1, -0.05) is 0 Å². The van der Waals surface area contributed by atoms with Gasteiger partial charge in [-0.3, -0.25) is 4.79 Å². The summed E-state index contributed by atoms with van der Waals surface area (Å²) in [5, 5.41) is 10.6. The van der Waals surface area contributed by atoms with Crippen LogP contribution in [-0.2, 0) is 0 Å². The molecule has 22 heavy (non-hydrogen) atoms. The molecule has 1 amide bonds. The molecule has 7 nitrogen and oxygen atoms in total. The maximum absolute atomic E-state index is 12.8. The van der Waals surface area contributed by atoms with E-state index in [-0.39, 0.29) is 11.9 Å². The molecule has 1 saturated heterocycles. The number of hydrogen-bond acceptors (Lipinski definition) is 4. The molecule has 1 fully saturated rings. The van der Waals surface area contributed by atoms with Gasteiger partial charge < -0.3 is 9.88 Å². The SMILES string of the molecule is Cc1cnc(C2CCCN2C(=O)c2ccc3n[nH]nc3c2)[nH]1. The molecule has 1 unspecified atom stereocenters. The van der Waals surface area contributed by atoms with Crippen LogP contribution in [-0.4, -0.2) is 42.7 Å². The van der Waals surface area contributed by atoms with E-state index in [9.17, 15) is 4.79 Å². The minimum absolute atomic E-state index is 0.0152. The molecule has 3 aromatic rings. The normalized spacial score (nSPS) is 18.2. The molecule has 0 radical (unpaired) electrons. The highest BCUT2D eigenvalue weighted by Crippen LogP contribution is 2.31. The lowest BCUT2D eigenvalue weighted by molar-refractivity contribution is 0.0730. The number of benzene rings is 1. The van der Waals surface area contributed by atoms with Crippen LogP contribution in [0.5, 0.6) is 0 Å². The Morgan fingerprint density at radius 2 is 2.18 bits per heavy atom. The molecule has 0 saturated carbocycles. The fourth-order valence-corrected chi connectivity index (χ4v) is 3.04. The van der Waals surface area contributed by atoms with Crippen molar-refractivity contribution in [3.63, 3.8) is 0 Å². The summed E-state index contributed by atoms with van der Waals surface area (Å²) in [7, 11) is 0. The first-order chi connectivity index (χ1) is 10.7. The fraction of sp³-hybridized carbons (Fsp3) is 0.333. The average molecular weight is 296 g/mol. The molecule has 1 atom stereocenters. The van der Waals surface area contributed by atoms with Crippen molar-refractivity contribution in [2.75, 3.05) is 6.54 Å². The Morgan fingerprint density at radius 3 is 3.00 bits per heavy atom. The third kappa shape index (κ3) is 2.05. The van der Waals surface area contributed by atoms with Crippen molar-refractivity contribution in [1.29, 1.82) is 0 Å². The van der Waals surface area contributed by atoms with E-state index in [0.717, 1.165) is 36.4 Å². The van der Waals surface area contributed by atoms with Crippen LogP contribution in [0.4, 0.5) is 0 Å². The van der Waals surface area contributed by atoms with E-state index in [1.807, 2.05) is 17.9 Å². The average Bonchev–Trinajstić information content (AvgIpc) is 3.25. The van der Waals surface area contributed by atoms with E-state index < -0.39 is 0 Å². The van der Waals surface area contributed by atoms with Crippen molar-refractivity contribution in [3.05, 3.63) is 41.5 Å². The summed E-state index contributed by atoms with van der Waals surface area (Å²) in [6, 6.07) is 5.42. The van der Waals surface area contributed by atoms with Crippen molar-refractivity contribution in [1.82, 2.24) is 30.3 Å². The quantitative estimate of drug-likeness (QED) is 0.756. The molecule has 1 aliphatic heterocycles. The number of carbonyl (C=O) groups excluding carboxylic acids is 1. The molecule has 2 aromatic heterocycles. The van der Waals surface area contributed by atoms with Gasteiger partial charge in [-0.05, 0) is 38.0 Å². The smallest absolute Gasteiger partial charge is 0.254 e. The number of imidazole rings is 1. The van der Waals surface area contributed by atoms with Crippen LogP contribution in [0.2, 0.25) is 0 Å². The van der Waals surface area contributed by atoms with Crippen LogP contribution < -0.4 is 0 Å². The zero-order chi connectivity index (χ0) is 15.1. The maximum Gasteiger partial charge on any atom is 0.254 e. The zero-order valence-corrected chi connectivity index (χ0v) is 12.2. The van der Waals surface area contributed by atoms with Gasteiger partial charge >= 0.3 is 0 Å². The van der Waals surface area contributed by atoms with Gasteiger partial charge in [0.1, 0.15) is 16.9 Å². The van der Waals surface area contributed by atoms with Crippen molar-refractivity contribution in [3.8, 4) is 0 Å². The molecule has 2 N–H and O–H groups in total. The molecule has 0 bridgehead atoms. The lowest BCUT2D eigenvalue weighted by Crippen LogP contribution is -2.31. The Bertz CT molecular complexity index is 835. The van der Waals surface area contributed by atoms with Gasteiger partial charge in [0.2, 0.25) is 0 Å². The molecule has 1 aliphatic rings. The summed E-state index contributed by atoms with van der Waals surface area (Å²) in [6.07, 6.45) is 3.73. The number of rotatable bonds is 2. The maximum atomic E-state index is 12.8. The van der Waals surface area contributed by atoms with Gasteiger partial charge in [-0.15, -0.1) is 0 Å². The lowest BCUT2D eigenvalue weighted by atomic mass is 10.1. The van der Waals surface area contributed by atoms with Crippen LogP contribution in [0.15, 0.2) is 24.4 Å². The standard InChI is InChI=1S/C15H16N6O/c1-9-8-16-14(17-9)13-3-2-6-21(13)15(22)10-4-5-11-12(7-10)19-20-18-11/h4-5,7-8,13H,2-3,6H2,1H3,(H,16,17)(H,18,19,20). The lowest BCUT2D eigenvalue weighted by Gasteiger charge is -2.23. The molecule has 7 heteroatoms. The van der Waals surface area contributed by atoms with Crippen LogP contribution in [0.3, 0.4) is 0 Å². The number of aryl methyl sites for hydroxylation is 1. The topological polar surface area (TPSA) is 90.6 Å². The minimum atomic E-state index is 0.0152. The van der Waals surface area contributed by atoms with Crippen molar-refractivity contribution in [2.24, 2.45) is 0 Å². The molecular weight excluding hydrogens is 280 g/mol. The van der Waals surface area contributed by atoms with E-state index in [0.29, 0.717) is 11.1 Å². The molecule has 0 spiro atoms. The Morgan fingerprint density at radius 1 is 1.32 bits per heavy atom. The summed E-state index contributed by atoms with van der Waals surface area (Å²) >= 11 is 0. The number of fused-ring (bicyclic) bond motifs is 1. The number of aromatic nitrogens is 5. The van der Waals surface area contributed by atoms with Gasteiger partial charge in [0, 0.05) is 24.0 Å². The van der Waals surface area contributed by atoms with Crippen LogP contribution in [0, 0.1) is 6.92 Å². The monoisotopic (exact) mass is 296 g/mol. The highest BCUT2D eigenvalue weighted by molar-refractivity contribution is 5.97. The van der Waals surface area contributed by atoms with Gasteiger partial charge in [0.05, 0.1) is 6.04 Å². The molecule has 112 valence electrons. The van der Waals surface area contributed by atoms with E-state index in [2.05, 4.69) is 25.4 Å². The zero-order valence-electron chi connectivity index (χ0n) is 12.2. The molecule has 0 aliphatic carbocycles. The van der Waals surface area contributed by atoms with Gasteiger partial charge in [-0.2, -0.15) is 15.4 Å². The molecule has 3 heterocycles. The second-order valence-corrected chi connectivity index (χ2v) is 5.64. The first-order valence-electron chi connectivity index (χ1n) is 7.35. The largest absolute Gasteiger partial charge is 0.344 e. The Labute approximate surface area is 126 Å². The third-order valence-corrected chi connectivity index (χ3v) is 4.12. The van der Waals surface area contributed by atoms with Gasteiger partial charge in [-0.25, -0.2) is 4.98 Å². The summed E-state index contributed by atoms with van der Waals surface area (Å²) in [6.45, 7) is 2.72. The summed E-state index contributed by atoms with van der Waals surface area (Å²) in [4.78, 5) is 22.4. The first-order valence-corrected chi connectivity index (χ1v) is 7.35. The Hall–Kier alpha value is -2.70.